The zero-order valence-electron chi connectivity index (χ0n) is 19.0. The van der Waals surface area contributed by atoms with E-state index in [-0.39, 0.29) is 24.8 Å². The molecule has 0 aliphatic heterocycles. The van der Waals surface area contributed by atoms with E-state index >= 15 is 0 Å². The second kappa shape index (κ2) is 11.7. The molecule has 172 valence electrons. The molecule has 32 heavy (non-hydrogen) atoms. The van der Waals surface area contributed by atoms with Gasteiger partial charge in [0.2, 0.25) is 11.8 Å². The van der Waals surface area contributed by atoms with Crippen LogP contribution < -0.4 is 20.7 Å². The first kappa shape index (κ1) is 24.7. The third kappa shape index (κ3) is 9.51. The molecule has 0 saturated carbocycles. The summed E-state index contributed by atoms with van der Waals surface area (Å²) in [5, 5.41) is 7.98. The summed E-state index contributed by atoms with van der Waals surface area (Å²) in [5.74, 6) is 0.330. The summed E-state index contributed by atoms with van der Waals surface area (Å²) in [6.45, 7) is 7.95. The highest BCUT2D eigenvalue weighted by atomic mass is 16.6. The molecule has 0 spiro atoms. The lowest BCUT2D eigenvalue weighted by atomic mass is 10.1. The predicted molar refractivity (Wildman–Crippen MR) is 122 cm³/mol. The number of carbonyl (C=O) groups is 3. The Balaban J connectivity index is 1.73. The van der Waals surface area contributed by atoms with E-state index in [2.05, 4.69) is 16.0 Å². The van der Waals surface area contributed by atoms with Gasteiger partial charge in [0.1, 0.15) is 17.9 Å². The fourth-order valence-corrected chi connectivity index (χ4v) is 2.70. The van der Waals surface area contributed by atoms with Crippen LogP contribution in [0.5, 0.6) is 5.75 Å². The SMILES string of the molecule is CCOc1ccc(CC(=O)NCc2ccc(NC(=O)CNC(=O)OC(C)(C)C)cc2)cc1. The second-order valence-corrected chi connectivity index (χ2v) is 8.13. The Morgan fingerprint density at radius 2 is 1.47 bits per heavy atom. The lowest BCUT2D eigenvalue weighted by Gasteiger charge is -2.19. The maximum Gasteiger partial charge on any atom is 0.408 e. The van der Waals surface area contributed by atoms with Crippen molar-refractivity contribution in [3.8, 4) is 5.75 Å². The molecular weight excluding hydrogens is 410 g/mol. The monoisotopic (exact) mass is 441 g/mol. The minimum absolute atomic E-state index is 0.0836. The van der Waals surface area contributed by atoms with E-state index in [0.29, 0.717) is 18.8 Å². The molecule has 2 aromatic carbocycles. The van der Waals surface area contributed by atoms with Gasteiger partial charge in [-0.1, -0.05) is 24.3 Å². The molecule has 0 saturated heterocycles. The third-order valence-electron chi connectivity index (χ3n) is 4.12. The van der Waals surface area contributed by atoms with E-state index in [0.717, 1.165) is 16.9 Å². The van der Waals surface area contributed by atoms with Gasteiger partial charge in [0.05, 0.1) is 13.0 Å². The number of nitrogens with one attached hydrogen (secondary N) is 3. The van der Waals surface area contributed by atoms with Crippen LogP contribution in [0.15, 0.2) is 48.5 Å². The smallest absolute Gasteiger partial charge is 0.408 e. The summed E-state index contributed by atoms with van der Waals surface area (Å²) in [7, 11) is 0. The van der Waals surface area contributed by atoms with Gasteiger partial charge in [0.25, 0.3) is 0 Å². The predicted octanol–water partition coefficient (Wildman–Crippen LogP) is 3.41. The maximum atomic E-state index is 12.2. The van der Waals surface area contributed by atoms with Crippen LogP contribution in [-0.4, -0.2) is 36.7 Å². The van der Waals surface area contributed by atoms with Gasteiger partial charge in [-0.25, -0.2) is 4.79 Å². The Morgan fingerprint density at radius 1 is 0.844 bits per heavy atom. The van der Waals surface area contributed by atoms with Crippen LogP contribution >= 0.6 is 0 Å². The molecule has 8 heteroatoms. The quantitative estimate of drug-likeness (QED) is 0.553. The van der Waals surface area contributed by atoms with Gasteiger partial charge in [-0.2, -0.15) is 0 Å². The number of hydrogen-bond donors (Lipinski definition) is 3. The molecule has 3 amide bonds. The topological polar surface area (TPSA) is 106 Å². The van der Waals surface area contributed by atoms with E-state index in [1.54, 1.807) is 32.9 Å². The van der Waals surface area contributed by atoms with E-state index in [9.17, 15) is 14.4 Å². The minimum Gasteiger partial charge on any atom is -0.494 e. The van der Waals surface area contributed by atoms with Gasteiger partial charge in [-0.3, -0.25) is 9.59 Å². The number of hydrogen-bond acceptors (Lipinski definition) is 5. The third-order valence-corrected chi connectivity index (χ3v) is 4.12. The highest BCUT2D eigenvalue weighted by Gasteiger charge is 2.16. The first-order valence-electron chi connectivity index (χ1n) is 10.5. The minimum atomic E-state index is -0.649. The molecule has 0 radical (unpaired) electrons. The van der Waals surface area contributed by atoms with Crippen LogP contribution in [-0.2, 0) is 27.3 Å². The maximum absolute atomic E-state index is 12.2. The largest absolute Gasteiger partial charge is 0.494 e. The van der Waals surface area contributed by atoms with E-state index in [4.69, 9.17) is 9.47 Å². The van der Waals surface area contributed by atoms with Crippen molar-refractivity contribution in [1.29, 1.82) is 0 Å². The van der Waals surface area contributed by atoms with Gasteiger partial charge in [0, 0.05) is 12.2 Å². The first-order chi connectivity index (χ1) is 15.1. The summed E-state index contributed by atoms with van der Waals surface area (Å²) < 4.78 is 10.5. The summed E-state index contributed by atoms with van der Waals surface area (Å²) >= 11 is 0. The Morgan fingerprint density at radius 3 is 2.06 bits per heavy atom. The van der Waals surface area contributed by atoms with Crippen molar-refractivity contribution in [3.05, 3.63) is 59.7 Å². The standard InChI is InChI=1S/C24H31N3O5/c1-5-31-20-12-8-17(9-13-20)14-21(28)25-15-18-6-10-19(11-7-18)27-22(29)16-26-23(30)32-24(2,3)4/h6-13H,5,14-16H2,1-4H3,(H,25,28)(H,26,30)(H,27,29). The number of carbonyl (C=O) groups excluding carboxylic acids is 3. The van der Waals surface area contributed by atoms with Crippen LogP contribution in [0.2, 0.25) is 0 Å². The summed E-state index contributed by atoms with van der Waals surface area (Å²) in [5.41, 5.74) is 1.77. The Kier molecular flexibility index (Phi) is 9.07. The Bertz CT molecular complexity index is 903. The molecule has 0 aliphatic carbocycles. The number of ether oxygens (including phenoxy) is 2. The highest BCUT2D eigenvalue weighted by Crippen LogP contribution is 2.13. The van der Waals surface area contributed by atoms with Gasteiger partial charge in [-0.15, -0.1) is 0 Å². The number of anilines is 1. The fraction of sp³-hybridized carbons (Fsp3) is 0.375. The molecule has 0 fully saturated rings. The molecule has 0 aromatic heterocycles. The van der Waals surface area contributed by atoms with Gasteiger partial charge in [-0.05, 0) is 63.1 Å². The average Bonchev–Trinajstić information content (AvgIpc) is 2.72. The van der Waals surface area contributed by atoms with Crippen LogP contribution in [0.4, 0.5) is 10.5 Å². The summed E-state index contributed by atoms with van der Waals surface area (Å²) in [4.78, 5) is 35.7. The van der Waals surface area contributed by atoms with Crippen molar-refractivity contribution in [1.82, 2.24) is 10.6 Å². The van der Waals surface area contributed by atoms with Crippen molar-refractivity contribution in [2.75, 3.05) is 18.5 Å². The molecule has 2 aromatic rings. The van der Waals surface area contributed by atoms with Crippen LogP contribution in [0.1, 0.15) is 38.8 Å². The zero-order chi connectivity index (χ0) is 23.6. The van der Waals surface area contributed by atoms with Gasteiger partial charge >= 0.3 is 6.09 Å². The van der Waals surface area contributed by atoms with Crippen LogP contribution in [0, 0.1) is 0 Å². The van der Waals surface area contributed by atoms with E-state index in [1.807, 2.05) is 43.3 Å². The summed E-state index contributed by atoms with van der Waals surface area (Å²) in [6.07, 6.45) is -0.366. The number of amides is 3. The van der Waals surface area contributed by atoms with E-state index < -0.39 is 11.7 Å². The molecule has 3 N–H and O–H groups in total. The number of alkyl carbamates (subject to hydrolysis) is 1. The molecule has 0 atom stereocenters. The Labute approximate surface area is 188 Å². The number of benzene rings is 2. The molecule has 0 aliphatic rings. The second-order valence-electron chi connectivity index (χ2n) is 8.13. The van der Waals surface area contributed by atoms with Crippen molar-refractivity contribution in [3.63, 3.8) is 0 Å². The Hall–Kier alpha value is -3.55. The highest BCUT2D eigenvalue weighted by molar-refractivity contribution is 5.93. The molecular formula is C24H31N3O5. The molecule has 0 bridgehead atoms. The van der Waals surface area contributed by atoms with Gasteiger partial charge < -0.3 is 25.4 Å². The lowest BCUT2D eigenvalue weighted by molar-refractivity contribution is -0.120. The zero-order valence-corrected chi connectivity index (χ0v) is 19.0. The van der Waals surface area contributed by atoms with Crippen molar-refractivity contribution >= 4 is 23.6 Å². The van der Waals surface area contributed by atoms with Crippen LogP contribution in [0.25, 0.3) is 0 Å². The normalized spacial score (nSPS) is 10.8. The van der Waals surface area contributed by atoms with Gasteiger partial charge in [0.15, 0.2) is 0 Å². The van der Waals surface area contributed by atoms with Crippen molar-refractivity contribution in [2.45, 2.75) is 46.3 Å². The van der Waals surface area contributed by atoms with Crippen molar-refractivity contribution in [2.24, 2.45) is 0 Å². The first-order valence-corrected chi connectivity index (χ1v) is 10.5. The van der Waals surface area contributed by atoms with Crippen molar-refractivity contribution < 1.29 is 23.9 Å². The molecule has 2 rings (SSSR count). The number of rotatable bonds is 9. The average molecular weight is 442 g/mol. The molecule has 0 unspecified atom stereocenters. The molecule has 8 nitrogen and oxygen atoms in total. The van der Waals surface area contributed by atoms with E-state index in [1.165, 1.54) is 0 Å². The lowest BCUT2D eigenvalue weighted by Crippen LogP contribution is -2.37. The fourth-order valence-electron chi connectivity index (χ4n) is 2.70. The molecule has 0 heterocycles. The summed E-state index contributed by atoms with van der Waals surface area (Å²) in [6, 6.07) is 14.5. The van der Waals surface area contributed by atoms with Crippen LogP contribution in [0.3, 0.4) is 0 Å².